The van der Waals surface area contributed by atoms with Crippen LogP contribution in [0.2, 0.25) is 0 Å². The van der Waals surface area contributed by atoms with Gasteiger partial charge in [-0.1, -0.05) is 32.1 Å². The number of rotatable bonds is 6. The second-order valence-electron chi connectivity index (χ2n) is 4.58. The van der Waals surface area contributed by atoms with Crippen molar-refractivity contribution in [2.75, 3.05) is 13.2 Å². The summed E-state index contributed by atoms with van der Waals surface area (Å²) < 4.78 is 5.59. The highest BCUT2D eigenvalue weighted by Crippen LogP contribution is 2.27. The fraction of sp³-hybridized carbons (Fsp3) is 0.400. The van der Waals surface area contributed by atoms with Gasteiger partial charge in [-0.25, -0.2) is 0 Å². The molecule has 1 rings (SSSR count). The third kappa shape index (κ3) is 4.24. The maximum Gasteiger partial charge on any atom is 0.258 e. The van der Waals surface area contributed by atoms with Crippen LogP contribution in [0.3, 0.4) is 0 Å². The summed E-state index contributed by atoms with van der Waals surface area (Å²) in [5.41, 5.74) is 2.25. The van der Waals surface area contributed by atoms with Gasteiger partial charge in [0.2, 0.25) is 0 Å². The largest absolute Gasteiger partial charge is 0.483 e. The highest BCUT2D eigenvalue weighted by atomic mass is 16.5. The molecule has 3 nitrogen and oxygen atoms in total. The quantitative estimate of drug-likeness (QED) is 0.785. The van der Waals surface area contributed by atoms with Crippen molar-refractivity contribution in [1.82, 2.24) is 5.32 Å². The lowest BCUT2D eigenvalue weighted by atomic mass is 10.0. The van der Waals surface area contributed by atoms with Crippen molar-refractivity contribution in [1.29, 1.82) is 0 Å². The van der Waals surface area contributed by atoms with Crippen molar-refractivity contribution >= 4 is 5.91 Å². The number of hydrogen-bond acceptors (Lipinski definition) is 2. The van der Waals surface area contributed by atoms with E-state index in [1.165, 1.54) is 0 Å². The first-order valence-corrected chi connectivity index (χ1v) is 6.15. The Kier molecular flexibility index (Phi) is 5.43. The molecule has 98 valence electrons. The van der Waals surface area contributed by atoms with Crippen LogP contribution in [0.1, 0.15) is 30.9 Å². The molecule has 1 aromatic carbocycles. The van der Waals surface area contributed by atoms with E-state index in [9.17, 15) is 4.79 Å². The van der Waals surface area contributed by atoms with Gasteiger partial charge >= 0.3 is 0 Å². The monoisotopic (exact) mass is 247 g/mol. The first-order chi connectivity index (χ1) is 8.54. The topological polar surface area (TPSA) is 38.3 Å². The van der Waals surface area contributed by atoms with E-state index in [1.54, 1.807) is 6.08 Å². The molecule has 0 bridgehead atoms. The molecule has 1 aromatic rings. The molecule has 1 N–H and O–H groups in total. The third-order valence-corrected chi connectivity index (χ3v) is 2.59. The van der Waals surface area contributed by atoms with Crippen molar-refractivity contribution in [3.63, 3.8) is 0 Å². The van der Waals surface area contributed by atoms with E-state index in [1.807, 2.05) is 13.0 Å². The lowest BCUT2D eigenvalue weighted by Crippen LogP contribution is -2.29. The van der Waals surface area contributed by atoms with E-state index in [2.05, 4.69) is 37.9 Å². The predicted molar refractivity (Wildman–Crippen MR) is 74.0 cm³/mol. The van der Waals surface area contributed by atoms with Crippen LogP contribution in [0, 0.1) is 6.92 Å². The van der Waals surface area contributed by atoms with Crippen LogP contribution in [-0.2, 0) is 4.79 Å². The van der Waals surface area contributed by atoms with Gasteiger partial charge in [-0.05, 0) is 30.0 Å². The number of nitrogens with one attached hydrogen (secondary N) is 1. The molecule has 3 heteroatoms. The van der Waals surface area contributed by atoms with Gasteiger partial charge in [-0.3, -0.25) is 4.79 Å². The highest BCUT2D eigenvalue weighted by Gasteiger charge is 2.09. The Labute approximate surface area is 109 Å². The predicted octanol–water partition coefficient (Wildman–Crippen LogP) is 2.80. The minimum Gasteiger partial charge on any atom is -0.483 e. The average molecular weight is 247 g/mol. The van der Waals surface area contributed by atoms with Gasteiger partial charge in [-0.15, -0.1) is 6.58 Å². The van der Waals surface area contributed by atoms with Crippen LogP contribution < -0.4 is 10.1 Å². The summed E-state index contributed by atoms with van der Waals surface area (Å²) in [6.07, 6.45) is 1.64. The van der Waals surface area contributed by atoms with Crippen LogP contribution >= 0.6 is 0 Å². The van der Waals surface area contributed by atoms with Crippen molar-refractivity contribution in [3.05, 3.63) is 42.0 Å². The average Bonchev–Trinajstić information content (AvgIpc) is 2.33. The molecule has 0 aliphatic carbocycles. The number of carbonyl (C=O) groups is 1. The van der Waals surface area contributed by atoms with Crippen LogP contribution in [0.25, 0.3) is 0 Å². The van der Waals surface area contributed by atoms with Crippen LogP contribution in [-0.4, -0.2) is 19.1 Å². The van der Waals surface area contributed by atoms with Crippen LogP contribution in [0.5, 0.6) is 5.75 Å². The summed E-state index contributed by atoms with van der Waals surface area (Å²) in [4.78, 5) is 11.5. The second-order valence-corrected chi connectivity index (χ2v) is 4.58. The van der Waals surface area contributed by atoms with Gasteiger partial charge in [0.05, 0.1) is 0 Å². The van der Waals surface area contributed by atoms with Crippen LogP contribution in [0.4, 0.5) is 0 Å². The highest BCUT2D eigenvalue weighted by molar-refractivity contribution is 5.77. The smallest absolute Gasteiger partial charge is 0.258 e. The first kappa shape index (κ1) is 14.3. The van der Waals surface area contributed by atoms with Gasteiger partial charge in [0.25, 0.3) is 5.91 Å². The molecule has 0 saturated carbocycles. The molecule has 0 aliphatic heterocycles. The summed E-state index contributed by atoms with van der Waals surface area (Å²) in [5, 5.41) is 2.68. The van der Waals surface area contributed by atoms with E-state index < -0.39 is 0 Å². The molecular weight excluding hydrogens is 226 g/mol. The molecule has 18 heavy (non-hydrogen) atoms. The standard InChI is InChI=1S/C15H21NO2/c1-5-8-16-15(17)10-18-14-9-12(4)6-7-13(14)11(2)3/h5-7,9,11H,1,8,10H2,2-4H3,(H,16,17). The molecule has 0 spiro atoms. The van der Waals surface area contributed by atoms with E-state index >= 15 is 0 Å². The lowest BCUT2D eigenvalue weighted by molar-refractivity contribution is -0.122. The zero-order valence-electron chi connectivity index (χ0n) is 11.3. The second kappa shape index (κ2) is 6.84. The Balaban J connectivity index is 2.68. The molecule has 1 amide bonds. The summed E-state index contributed by atoms with van der Waals surface area (Å²) in [6, 6.07) is 6.08. The molecular formula is C15H21NO2. The van der Waals surface area contributed by atoms with Gasteiger partial charge in [0.1, 0.15) is 5.75 Å². The number of ether oxygens (including phenoxy) is 1. The Morgan fingerprint density at radius 2 is 2.22 bits per heavy atom. The number of aryl methyl sites for hydroxylation is 1. The number of benzene rings is 1. The molecule has 0 atom stereocenters. The van der Waals surface area contributed by atoms with E-state index in [0.29, 0.717) is 12.5 Å². The molecule has 0 fully saturated rings. The normalized spacial score (nSPS) is 10.2. The number of carbonyl (C=O) groups excluding carboxylic acids is 1. The van der Waals surface area contributed by atoms with Crippen molar-refractivity contribution in [2.45, 2.75) is 26.7 Å². The summed E-state index contributed by atoms with van der Waals surface area (Å²) in [5.74, 6) is 1.03. The van der Waals surface area contributed by atoms with Crippen molar-refractivity contribution in [3.8, 4) is 5.75 Å². The lowest BCUT2D eigenvalue weighted by Gasteiger charge is -2.14. The van der Waals surface area contributed by atoms with Gasteiger partial charge < -0.3 is 10.1 Å². The molecule has 0 saturated heterocycles. The van der Waals surface area contributed by atoms with E-state index in [4.69, 9.17) is 4.74 Å². The number of amides is 1. The number of hydrogen-bond donors (Lipinski definition) is 1. The summed E-state index contributed by atoms with van der Waals surface area (Å²) in [7, 11) is 0. The van der Waals surface area contributed by atoms with Crippen molar-refractivity contribution in [2.24, 2.45) is 0 Å². The zero-order valence-corrected chi connectivity index (χ0v) is 11.3. The van der Waals surface area contributed by atoms with Crippen molar-refractivity contribution < 1.29 is 9.53 Å². The molecule has 0 radical (unpaired) electrons. The molecule has 0 aromatic heterocycles. The maximum absolute atomic E-state index is 11.5. The minimum absolute atomic E-state index is 0.0387. The Morgan fingerprint density at radius 1 is 1.50 bits per heavy atom. The minimum atomic E-state index is -0.133. The van der Waals surface area contributed by atoms with Crippen LogP contribution in [0.15, 0.2) is 30.9 Å². The molecule has 0 aliphatic rings. The first-order valence-electron chi connectivity index (χ1n) is 6.15. The van der Waals surface area contributed by atoms with Gasteiger partial charge in [0.15, 0.2) is 6.61 Å². The summed E-state index contributed by atoms with van der Waals surface area (Å²) in [6.45, 7) is 10.3. The maximum atomic E-state index is 11.5. The molecule has 0 heterocycles. The molecule has 0 unspecified atom stereocenters. The Bertz CT molecular complexity index is 425. The SMILES string of the molecule is C=CCNC(=O)COc1cc(C)ccc1C(C)C. The van der Waals surface area contributed by atoms with E-state index in [0.717, 1.165) is 16.9 Å². The third-order valence-electron chi connectivity index (χ3n) is 2.59. The van der Waals surface area contributed by atoms with Gasteiger partial charge in [0, 0.05) is 6.54 Å². The van der Waals surface area contributed by atoms with Gasteiger partial charge in [-0.2, -0.15) is 0 Å². The van der Waals surface area contributed by atoms with E-state index in [-0.39, 0.29) is 12.5 Å². The fourth-order valence-corrected chi connectivity index (χ4v) is 1.62. The Morgan fingerprint density at radius 3 is 2.83 bits per heavy atom. The fourth-order valence-electron chi connectivity index (χ4n) is 1.62. The Hall–Kier alpha value is -1.77. The summed E-state index contributed by atoms with van der Waals surface area (Å²) >= 11 is 0. The zero-order chi connectivity index (χ0) is 13.5.